The summed E-state index contributed by atoms with van der Waals surface area (Å²) in [5.41, 5.74) is 14.7. The number of H-pyrrole nitrogens is 2. The molecule has 5 heterocycles. The summed E-state index contributed by atoms with van der Waals surface area (Å²) in [6, 6.07) is 8.14. The number of aryl methyl sites for hydroxylation is 3. The first kappa shape index (κ1) is 33.4. The Morgan fingerprint density at radius 1 is 0.711 bits per heavy atom. The van der Waals surface area contributed by atoms with Crippen molar-refractivity contribution in [1.29, 1.82) is 0 Å². The number of hydrogen-bond donors (Lipinski definition) is 2. The molecule has 45 heavy (non-hydrogen) atoms. The van der Waals surface area contributed by atoms with E-state index in [1.807, 2.05) is 50.3 Å². The zero-order valence-electron chi connectivity index (χ0n) is 26.6. The quantitative estimate of drug-likeness (QED) is 0.192. The number of rotatable bonds is 8. The van der Waals surface area contributed by atoms with Crippen molar-refractivity contribution in [3.8, 4) is 0 Å². The van der Waals surface area contributed by atoms with E-state index < -0.39 is 0 Å². The van der Waals surface area contributed by atoms with Crippen molar-refractivity contribution in [3.05, 3.63) is 88.5 Å². The molecule has 0 saturated heterocycles. The SMILES string of the molecule is C=CC1=C(C)c2cc3[nH]c(cc4nc(cc5[nH]c(cc1n2)c(C)c5CCC(=O)OC)C(CCC(=O)OC)=C4C)c(C)c3C=C.[Mn+3]. The predicted molar refractivity (Wildman–Crippen MR) is 177 cm³/mol. The molecule has 0 saturated carbocycles. The molecule has 0 unspecified atom stereocenters. The van der Waals surface area contributed by atoms with Gasteiger partial charge >= 0.3 is 29.0 Å². The number of allylic oxidation sites excluding steroid dienone is 5. The maximum Gasteiger partial charge on any atom is 3.00 e. The molecule has 230 valence electrons. The second-order valence-electron chi connectivity index (χ2n) is 11.1. The van der Waals surface area contributed by atoms with Crippen LogP contribution in [0.3, 0.4) is 0 Å². The summed E-state index contributed by atoms with van der Waals surface area (Å²) in [5.74, 6) is -0.558. The number of fused-ring (bicyclic) bond motifs is 8. The molecule has 8 bridgehead atoms. The Labute approximate surface area is 273 Å². The van der Waals surface area contributed by atoms with Gasteiger partial charge in [0.15, 0.2) is 0 Å². The van der Waals surface area contributed by atoms with Gasteiger partial charge in [0.25, 0.3) is 0 Å². The van der Waals surface area contributed by atoms with Crippen LogP contribution in [0.25, 0.3) is 50.4 Å². The van der Waals surface area contributed by atoms with Crippen LogP contribution in [-0.2, 0) is 42.6 Å². The maximum absolute atomic E-state index is 12.2. The van der Waals surface area contributed by atoms with Gasteiger partial charge in [0.1, 0.15) is 0 Å². The third kappa shape index (κ3) is 6.37. The summed E-state index contributed by atoms with van der Waals surface area (Å²) in [5, 5.41) is 0. The van der Waals surface area contributed by atoms with E-state index in [0.717, 1.165) is 89.4 Å². The van der Waals surface area contributed by atoms with E-state index in [0.29, 0.717) is 12.8 Å². The van der Waals surface area contributed by atoms with Crippen molar-refractivity contribution < 1.29 is 36.1 Å². The summed E-state index contributed by atoms with van der Waals surface area (Å²) in [4.78, 5) is 41.6. The smallest absolute Gasteiger partial charge is 0.469 e. The van der Waals surface area contributed by atoms with Crippen molar-refractivity contribution >= 4 is 62.4 Å². The number of nitrogens with zero attached hydrogens (tertiary/aromatic N) is 2. The number of methoxy groups -OCH3 is 2. The van der Waals surface area contributed by atoms with Gasteiger partial charge in [0.2, 0.25) is 0 Å². The van der Waals surface area contributed by atoms with Crippen molar-refractivity contribution in [1.82, 2.24) is 19.9 Å². The van der Waals surface area contributed by atoms with E-state index >= 15 is 0 Å². The molecule has 8 nitrogen and oxygen atoms in total. The summed E-state index contributed by atoms with van der Waals surface area (Å²) in [6.45, 7) is 16.3. The fraction of sp³-hybridized carbons (Fsp3) is 0.278. The molecule has 0 spiro atoms. The minimum absolute atomic E-state index is 0. The summed E-state index contributed by atoms with van der Waals surface area (Å²) >= 11 is 0. The standard InChI is InChI=1S/C36H38N4O4.Mn/c1-9-23-19(3)27-15-28-21(5)25(11-13-35(41)43-7)33(39-28)18-34-26(12-14-36(42)44-8)22(6)30(40-34)17-32-24(10-2)20(4)29(38-32)16-31(23)37-27;/h9-10,15-18,37,40H,1-2,11-14H2,3-8H3;/q;+3. The van der Waals surface area contributed by atoms with Gasteiger partial charge in [0, 0.05) is 46.0 Å². The number of ether oxygens (including phenoxy) is 2. The Kier molecular flexibility index (Phi) is 10.2. The van der Waals surface area contributed by atoms with Crippen LogP contribution in [0.15, 0.2) is 43.5 Å². The minimum Gasteiger partial charge on any atom is -0.469 e. The van der Waals surface area contributed by atoms with Gasteiger partial charge in [-0.3, -0.25) is 9.59 Å². The van der Waals surface area contributed by atoms with E-state index in [1.54, 1.807) is 0 Å². The maximum atomic E-state index is 12.2. The Morgan fingerprint density at radius 2 is 1.24 bits per heavy atom. The van der Waals surface area contributed by atoms with E-state index in [9.17, 15) is 9.59 Å². The van der Waals surface area contributed by atoms with Crippen LogP contribution in [0.1, 0.15) is 78.1 Å². The van der Waals surface area contributed by atoms with Gasteiger partial charge in [-0.15, -0.1) is 0 Å². The van der Waals surface area contributed by atoms with E-state index in [1.165, 1.54) is 14.2 Å². The second-order valence-corrected chi connectivity index (χ2v) is 11.1. The monoisotopic (exact) mass is 645 g/mol. The molecule has 3 aromatic rings. The van der Waals surface area contributed by atoms with Crippen molar-refractivity contribution in [2.75, 3.05) is 14.2 Å². The van der Waals surface area contributed by atoms with Crippen LogP contribution in [-0.4, -0.2) is 46.1 Å². The molecule has 9 heteroatoms. The van der Waals surface area contributed by atoms with Crippen LogP contribution in [0, 0.1) is 13.8 Å². The topological polar surface area (TPSA) is 110 Å². The molecule has 0 fully saturated rings. The molecule has 0 aromatic carbocycles. The third-order valence-electron chi connectivity index (χ3n) is 8.66. The molecule has 2 N–H and O–H groups in total. The molecular formula is C36H38MnN4O4+3. The fourth-order valence-electron chi connectivity index (χ4n) is 5.96. The zero-order chi connectivity index (χ0) is 31.7. The molecule has 2 aliphatic heterocycles. The number of esters is 2. The van der Waals surface area contributed by atoms with Crippen LogP contribution in [0.2, 0.25) is 0 Å². The number of carbonyl (C=O) groups excluding carboxylic acids is 2. The van der Waals surface area contributed by atoms with Crippen molar-refractivity contribution in [3.63, 3.8) is 0 Å². The molecule has 3 aromatic heterocycles. The Hall–Kier alpha value is -4.46. The number of hydrogen-bond acceptors (Lipinski definition) is 6. The normalized spacial score (nSPS) is 12.6. The third-order valence-corrected chi connectivity index (χ3v) is 8.66. The zero-order valence-corrected chi connectivity index (χ0v) is 27.8. The van der Waals surface area contributed by atoms with Crippen LogP contribution < -0.4 is 0 Å². The number of aromatic nitrogens is 4. The first-order valence-corrected chi connectivity index (χ1v) is 14.6. The number of carbonyl (C=O) groups is 2. The van der Waals surface area contributed by atoms with Crippen molar-refractivity contribution in [2.45, 2.75) is 53.4 Å². The minimum atomic E-state index is -0.280. The Morgan fingerprint density at radius 3 is 1.89 bits per heavy atom. The Bertz CT molecular complexity index is 1960. The summed E-state index contributed by atoms with van der Waals surface area (Å²) in [7, 11) is 2.79. The first-order chi connectivity index (χ1) is 21.1. The average Bonchev–Trinajstić information content (AvgIpc) is 3.67. The molecule has 0 aliphatic carbocycles. The van der Waals surface area contributed by atoms with E-state index in [2.05, 4.69) is 37.0 Å². The first-order valence-electron chi connectivity index (χ1n) is 14.6. The summed E-state index contributed by atoms with van der Waals surface area (Å²) in [6.07, 6.45) is 5.12. The van der Waals surface area contributed by atoms with Crippen LogP contribution >= 0.6 is 0 Å². The van der Waals surface area contributed by atoms with Gasteiger partial charge in [-0.25, -0.2) is 9.97 Å². The number of nitrogens with one attached hydrogen (secondary N) is 2. The van der Waals surface area contributed by atoms with Crippen LogP contribution in [0.5, 0.6) is 0 Å². The molecular weight excluding hydrogens is 607 g/mol. The molecule has 0 amide bonds. The van der Waals surface area contributed by atoms with Gasteiger partial charge in [-0.1, -0.05) is 25.3 Å². The summed E-state index contributed by atoms with van der Waals surface area (Å²) < 4.78 is 9.88. The fourth-order valence-corrected chi connectivity index (χ4v) is 5.96. The van der Waals surface area contributed by atoms with Gasteiger partial charge < -0.3 is 19.4 Å². The van der Waals surface area contributed by atoms with E-state index in [-0.39, 0.29) is 41.8 Å². The molecule has 0 atom stereocenters. The van der Waals surface area contributed by atoms with Crippen molar-refractivity contribution in [2.24, 2.45) is 0 Å². The molecule has 5 rings (SSSR count). The largest absolute Gasteiger partial charge is 3.00 e. The predicted octanol–water partition coefficient (Wildman–Crippen LogP) is 7.68. The average molecular weight is 646 g/mol. The van der Waals surface area contributed by atoms with Gasteiger partial charge in [-0.2, -0.15) is 0 Å². The Balaban J connectivity index is 0.00000461. The van der Waals surface area contributed by atoms with Gasteiger partial charge in [0.05, 0.1) is 37.0 Å². The van der Waals surface area contributed by atoms with E-state index in [4.69, 9.17) is 19.4 Å². The molecule has 2 aliphatic rings. The van der Waals surface area contributed by atoms with Crippen LogP contribution in [0.4, 0.5) is 0 Å². The molecule has 0 radical (unpaired) electrons. The second kappa shape index (κ2) is 13.7. The number of aromatic amines is 2. The van der Waals surface area contributed by atoms with Gasteiger partial charge in [-0.05, 0) is 98.2 Å².